The monoisotopic (exact) mass is 478 g/mol. The van der Waals surface area contributed by atoms with E-state index < -0.39 is 0 Å². The van der Waals surface area contributed by atoms with Crippen LogP contribution in [0.5, 0.6) is 0 Å². The van der Waals surface area contributed by atoms with Crippen LogP contribution in [-0.4, -0.2) is 24.5 Å². The van der Waals surface area contributed by atoms with Crippen molar-refractivity contribution in [3.8, 4) is 0 Å². The maximum atomic E-state index is 6.17. The van der Waals surface area contributed by atoms with Crippen molar-refractivity contribution in [1.29, 1.82) is 0 Å². The van der Waals surface area contributed by atoms with Gasteiger partial charge in [-0.25, -0.2) is 0 Å². The van der Waals surface area contributed by atoms with Gasteiger partial charge < -0.3 is 10.6 Å². The Kier molecular flexibility index (Phi) is 9.39. The number of guanidine groups is 1. The number of nitrogens with zero attached hydrogens (tertiary/aromatic N) is 2. The Morgan fingerprint density at radius 3 is 2.62 bits per heavy atom. The number of nitrogens with one attached hydrogen (secondary N) is 2. The lowest BCUT2D eigenvalue weighted by Gasteiger charge is -2.13. The fourth-order valence-corrected chi connectivity index (χ4v) is 2.64. The number of aryl methyl sites for hydroxylation is 1. The zero-order chi connectivity index (χ0) is 16.7. The zero-order valence-corrected chi connectivity index (χ0v) is 17.5. The SMILES string of the molecule is CN=C(NCCc1ccncc1C)NCc1ccc(Cl)cc1Cl.I. The van der Waals surface area contributed by atoms with Gasteiger partial charge in [-0.1, -0.05) is 29.3 Å². The van der Waals surface area contributed by atoms with Crippen LogP contribution in [0.3, 0.4) is 0 Å². The molecule has 4 nitrogen and oxygen atoms in total. The molecule has 0 fully saturated rings. The summed E-state index contributed by atoms with van der Waals surface area (Å²) in [4.78, 5) is 8.32. The molecule has 7 heteroatoms. The minimum absolute atomic E-state index is 0. The predicted molar refractivity (Wildman–Crippen MR) is 113 cm³/mol. The van der Waals surface area contributed by atoms with Gasteiger partial charge in [0.1, 0.15) is 0 Å². The highest BCUT2D eigenvalue weighted by molar-refractivity contribution is 14.0. The van der Waals surface area contributed by atoms with Crippen LogP contribution in [0.1, 0.15) is 16.7 Å². The van der Waals surface area contributed by atoms with Crippen LogP contribution >= 0.6 is 47.2 Å². The lowest BCUT2D eigenvalue weighted by molar-refractivity contribution is 0.792. The topological polar surface area (TPSA) is 49.3 Å². The van der Waals surface area contributed by atoms with Gasteiger partial charge in [0, 0.05) is 42.6 Å². The van der Waals surface area contributed by atoms with Gasteiger partial charge in [-0.05, 0) is 48.2 Å². The Hall–Kier alpha value is -1.05. The summed E-state index contributed by atoms with van der Waals surface area (Å²) in [6.07, 6.45) is 4.61. The van der Waals surface area contributed by atoms with Crippen molar-refractivity contribution in [2.24, 2.45) is 4.99 Å². The lowest BCUT2D eigenvalue weighted by Crippen LogP contribution is -2.38. The fourth-order valence-electron chi connectivity index (χ4n) is 2.16. The summed E-state index contributed by atoms with van der Waals surface area (Å²) in [5, 5.41) is 7.82. The normalized spacial score (nSPS) is 10.9. The number of pyridine rings is 1. The van der Waals surface area contributed by atoms with Crippen LogP contribution in [0.2, 0.25) is 10.0 Å². The zero-order valence-electron chi connectivity index (χ0n) is 13.6. The van der Waals surface area contributed by atoms with E-state index in [0.717, 1.165) is 24.5 Å². The molecule has 2 aromatic rings. The van der Waals surface area contributed by atoms with Gasteiger partial charge in [0.05, 0.1) is 0 Å². The second-order valence-electron chi connectivity index (χ2n) is 5.14. The number of rotatable bonds is 5. The maximum Gasteiger partial charge on any atom is 0.191 e. The highest BCUT2D eigenvalue weighted by Crippen LogP contribution is 2.20. The summed E-state index contributed by atoms with van der Waals surface area (Å²) in [5.74, 6) is 0.739. The van der Waals surface area contributed by atoms with Crippen molar-refractivity contribution in [1.82, 2.24) is 15.6 Å². The highest BCUT2D eigenvalue weighted by Gasteiger charge is 2.04. The summed E-state index contributed by atoms with van der Waals surface area (Å²) < 4.78 is 0. The molecule has 2 N–H and O–H groups in total. The Balaban J connectivity index is 0.00000288. The molecule has 0 radical (unpaired) electrons. The van der Waals surface area contributed by atoms with Gasteiger partial charge in [-0.15, -0.1) is 24.0 Å². The Labute approximate surface area is 170 Å². The van der Waals surface area contributed by atoms with E-state index in [-0.39, 0.29) is 24.0 Å². The van der Waals surface area contributed by atoms with Crippen LogP contribution < -0.4 is 10.6 Å². The summed E-state index contributed by atoms with van der Waals surface area (Å²) in [5.41, 5.74) is 3.46. The van der Waals surface area contributed by atoms with Crippen LogP contribution in [0.4, 0.5) is 0 Å². The van der Waals surface area contributed by atoms with Crippen LogP contribution in [0.15, 0.2) is 41.7 Å². The molecule has 0 amide bonds. The van der Waals surface area contributed by atoms with Gasteiger partial charge in [0.25, 0.3) is 0 Å². The Bertz CT molecular complexity index is 692. The lowest BCUT2D eigenvalue weighted by atomic mass is 10.1. The molecule has 0 saturated carbocycles. The molecule has 0 saturated heterocycles. The van der Waals surface area contributed by atoms with Crippen molar-refractivity contribution in [3.05, 3.63) is 63.4 Å². The van der Waals surface area contributed by atoms with Crippen molar-refractivity contribution < 1.29 is 0 Å². The van der Waals surface area contributed by atoms with E-state index in [2.05, 4.69) is 27.5 Å². The first-order valence-electron chi connectivity index (χ1n) is 7.38. The number of aliphatic imine (C=N–C) groups is 1. The maximum absolute atomic E-state index is 6.17. The summed E-state index contributed by atoms with van der Waals surface area (Å²) in [7, 11) is 1.75. The van der Waals surface area contributed by atoms with E-state index in [1.54, 1.807) is 13.1 Å². The molecule has 0 atom stereocenters. The van der Waals surface area contributed by atoms with Crippen LogP contribution in [-0.2, 0) is 13.0 Å². The number of halogens is 3. The molecule has 1 aromatic heterocycles. The standard InChI is InChI=1S/C17H20Cl2N4.HI/c1-12-10-21-7-5-13(12)6-8-22-17(20-2)23-11-14-3-4-15(18)9-16(14)19;/h3-5,7,9-10H,6,8,11H2,1-2H3,(H2,20,22,23);1H. The second kappa shape index (κ2) is 10.7. The molecule has 0 aliphatic heterocycles. The average molecular weight is 479 g/mol. The largest absolute Gasteiger partial charge is 0.356 e. The minimum atomic E-state index is 0. The first-order chi connectivity index (χ1) is 11.1. The number of aromatic nitrogens is 1. The van der Waals surface area contributed by atoms with Gasteiger partial charge in [0.15, 0.2) is 5.96 Å². The molecule has 1 heterocycles. The van der Waals surface area contributed by atoms with Crippen molar-refractivity contribution in [3.63, 3.8) is 0 Å². The molecule has 0 unspecified atom stereocenters. The first kappa shape index (κ1) is 21.0. The van der Waals surface area contributed by atoms with Gasteiger partial charge in [-0.3, -0.25) is 9.98 Å². The fraction of sp³-hybridized carbons (Fsp3) is 0.294. The Morgan fingerprint density at radius 2 is 1.96 bits per heavy atom. The second-order valence-corrected chi connectivity index (χ2v) is 5.98. The van der Waals surface area contributed by atoms with E-state index in [1.807, 2.05) is 30.6 Å². The van der Waals surface area contributed by atoms with Gasteiger partial charge >= 0.3 is 0 Å². The van der Waals surface area contributed by atoms with E-state index >= 15 is 0 Å². The third-order valence-corrected chi connectivity index (χ3v) is 4.10. The van der Waals surface area contributed by atoms with Crippen molar-refractivity contribution in [2.45, 2.75) is 19.9 Å². The molecular formula is C17H21Cl2IN4. The third-order valence-electron chi connectivity index (χ3n) is 3.51. The van der Waals surface area contributed by atoms with Crippen LogP contribution in [0, 0.1) is 6.92 Å². The molecule has 0 aliphatic carbocycles. The smallest absolute Gasteiger partial charge is 0.191 e. The number of benzene rings is 1. The summed E-state index contributed by atoms with van der Waals surface area (Å²) >= 11 is 12.1. The highest BCUT2D eigenvalue weighted by atomic mass is 127. The van der Waals surface area contributed by atoms with Crippen molar-refractivity contribution in [2.75, 3.05) is 13.6 Å². The predicted octanol–water partition coefficient (Wildman–Crippen LogP) is 4.22. The molecule has 0 bridgehead atoms. The molecule has 2 rings (SSSR count). The van der Waals surface area contributed by atoms with Crippen molar-refractivity contribution >= 4 is 53.1 Å². The third kappa shape index (κ3) is 6.45. The van der Waals surface area contributed by atoms with E-state index in [0.29, 0.717) is 16.6 Å². The first-order valence-corrected chi connectivity index (χ1v) is 8.13. The molecular weight excluding hydrogens is 458 g/mol. The molecule has 1 aromatic carbocycles. The van der Waals surface area contributed by atoms with E-state index in [4.69, 9.17) is 23.2 Å². The van der Waals surface area contributed by atoms with E-state index in [1.165, 1.54) is 11.1 Å². The summed E-state index contributed by atoms with van der Waals surface area (Å²) in [6.45, 7) is 3.45. The number of hydrogen-bond acceptors (Lipinski definition) is 2. The van der Waals surface area contributed by atoms with Gasteiger partial charge in [0.2, 0.25) is 0 Å². The summed E-state index contributed by atoms with van der Waals surface area (Å²) in [6, 6.07) is 7.52. The average Bonchev–Trinajstić information content (AvgIpc) is 2.54. The quantitative estimate of drug-likeness (QED) is 0.384. The minimum Gasteiger partial charge on any atom is -0.356 e. The Morgan fingerprint density at radius 1 is 1.17 bits per heavy atom. The number of hydrogen-bond donors (Lipinski definition) is 2. The molecule has 0 aliphatic rings. The van der Waals surface area contributed by atoms with Gasteiger partial charge in [-0.2, -0.15) is 0 Å². The molecule has 0 spiro atoms. The van der Waals surface area contributed by atoms with Crippen LogP contribution in [0.25, 0.3) is 0 Å². The molecule has 130 valence electrons. The van der Waals surface area contributed by atoms with E-state index in [9.17, 15) is 0 Å². The molecule has 24 heavy (non-hydrogen) atoms.